The Balaban J connectivity index is 1.85. The van der Waals surface area contributed by atoms with E-state index in [1.807, 2.05) is 36.4 Å². The van der Waals surface area contributed by atoms with Crippen molar-refractivity contribution in [1.29, 1.82) is 0 Å². The van der Waals surface area contributed by atoms with E-state index in [-0.39, 0.29) is 0 Å². The number of ether oxygens (including phenoxy) is 1. The molecule has 0 fully saturated rings. The number of benzene rings is 2. The lowest BCUT2D eigenvalue weighted by Gasteiger charge is -2.14. The monoisotopic (exact) mass is 425 g/mol. The van der Waals surface area contributed by atoms with Crippen LogP contribution in [0.2, 0.25) is 5.02 Å². The third kappa shape index (κ3) is 7.75. The van der Waals surface area contributed by atoms with Gasteiger partial charge in [0.15, 0.2) is 0 Å². The maximum absolute atomic E-state index is 5.99. The van der Waals surface area contributed by atoms with Gasteiger partial charge in [0.2, 0.25) is 0 Å². The highest BCUT2D eigenvalue weighted by atomic mass is 79.9. The van der Waals surface area contributed by atoms with Gasteiger partial charge in [-0.15, -0.1) is 0 Å². The molecular formula is C19H25BrClN3O. The van der Waals surface area contributed by atoms with Gasteiger partial charge in [0.25, 0.3) is 0 Å². The number of hydrazine groups is 1. The van der Waals surface area contributed by atoms with Crippen LogP contribution in [0.3, 0.4) is 0 Å². The maximum Gasteiger partial charge on any atom is 0.124 e. The molecular weight excluding hydrogens is 402 g/mol. The van der Waals surface area contributed by atoms with E-state index in [4.69, 9.17) is 16.3 Å². The summed E-state index contributed by atoms with van der Waals surface area (Å²) in [5.41, 5.74) is 8.71. The molecule has 136 valence electrons. The molecule has 2 N–H and O–H groups in total. The van der Waals surface area contributed by atoms with Crippen molar-refractivity contribution in [3.63, 3.8) is 0 Å². The van der Waals surface area contributed by atoms with Crippen molar-refractivity contribution in [2.24, 2.45) is 0 Å². The average molecular weight is 427 g/mol. The summed E-state index contributed by atoms with van der Waals surface area (Å²) in [4.78, 5) is 2.18. The molecule has 0 aromatic heterocycles. The first-order valence-electron chi connectivity index (χ1n) is 8.31. The zero-order chi connectivity index (χ0) is 18.1. The molecule has 0 heterocycles. The number of rotatable bonds is 10. The Morgan fingerprint density at radius 2 is 1.84 bits per heavy atom. The van der Waals surface area contributed by atoms with Crippen LogP contribution in [-0.2, 0) is 13.2 Å². The van der Waals surface area contributed by atoms with Crippen molar-refractivity contribution in [1.82, 2.24) is 15.8 Å². The van der Waals surface area contributed by atoms with E-state index in [2.05, 4.69) is 51.8 Å². The summed E-state index contributed by atoms with van der Waals surface area (Å²) >= 11 is 9.44. The van der Waals surface area contributed by atoms with Gasteiger partial charge < -0.3 is 9.64 Å². The van der Waals surface area contributed by atoms with E-state index in [1.165, 1.54) is 0 Å². The summed E-state index contributed by atoms with van der Waals surface area (Å²) in [5, 5.41) is 0.734. The van der Waals surface area contributed by atoms with Gasteiger partial charge in [-0.3, -0.25) is 10.9 Å². The largest absolute Gasteiger partial charge is 0.489 e. The van der Waals surface area contributed by atoms with Crippen molar-refractivity contribution in [2.45, 2.75) is 19.6 Å². The highest BCUT2D eigenvalue weighted by Crippen LogP contribution is 2.24. The van der Waals surface area contributed by atoms with Gasteiger partial charge in [-0.25, -0.2) is 0 Å². The molecule has 6 heteroatoms. The number of hydrogen-bond donors (Lipinski definition) is 2. The Hall–Kier alpha value is -1.11. The first kappa shape index (κ1) is 20.2. The molecule has 25 heavy (non-hydrogen) atoms. The third-order valence-corrected chi connectivity index (χ3v) is 4.39. The van der Waals surface area contributed by atoms with E-state index in [0.717, 1.165) is 45.9 Å². The second kappa shape index (κ2) is 10.8. The predicted molar refractivity (Wildman–Crippen MR) is 108 cm³/mol. The minimum absolute atomic E-state index is 0.516. The van der Waals surface area contributed by atoms with Crippen LogP contribution in [0.1, 0.15) is 17.5 Å². The first-order valence-corrected chi connectivity index (χ1v) is 9.48. The van der Waals surface area contributed by atoms with E-state index in [1.54, 1.807) is 0 Å². The summed E-state index contributed by atoms with van der Waals surface area (Å²) in [6, 6.07) is 13.8. The minimum atomic E-state index is 0.516. The standard InChI is InChI=1S/C19H25BrClN3O/c1-24(2)11-3-10-22-23-13-16-12-17(20)6-9-19(16)25-14-15-4-7-18(21)8-5-15/h4-9,12,22-23H,3,10-11,13-14H2,1-2H3. The molecule has 0 atom stereocenters. The zero-order valence-electron chi connectivity index (χ0n) is 14.7. The minimum Gasteiger partial charge on any atom is -0.489 e. The van der Waals surface area contributed by atoms with Crippen molar-refractivity contribution < 1.29 is 4.74 Å². The molecule has 2 rings (SSSR count). The lowest BCUT2D eigenvalue weighted by Crippen LogP contribution is -2.33. The van der Waals surface area contributed by atoms with Crippen LogP contribution in [-0.4, -0.2) is 32.1 Å². The Morgan fingerprint density at radius 3 is 2.56 bits per heavy atom. The Kier molecular flexibility index (Phi) is 8.72. The van der Waals surface area contributed by atoms with Gasteiger partial charge in [-0.05, 0) is 63.0 Å². The van der Waals surface area contributed by atoms with Crippen LogP contribution in [0, 0.1) is 0 Å². The van der Waals surface area contributed by atoms with Crippen molar-refractivity contribution in [2.75, 3.05) is 27.2 Å². The fourth-order valence-electron chi connectivity index (χ4n) is 2.30. The van der Waals surface area contributed by atoms with Gasteiger partial charge >= 0.3 is 0 Å². The van der Waals surface area contributed by atoms with Crippen molar-refractivity contribution in [3.05, 3.63) is 63.1 Å². The van der Waals surface area contributed by atoms with Crippen LogP contribution in [0.4, 0.5) is 0 Å². The fraction of sp³-hybridized carbons (Fsp3) is 0.368. The maximum atomic E-state index is 5.99. The van der Waals surface area contributed by atoms with Crippen LogP contribution < -0.4 is 15.6 Å². The highest BCUT2D eigenvalue weighted by Gasteiger charge is 2.05. The summed E-state index contributed by atoms with van der Waals surface area (Å²) in [5.74, 6) is 0.876. The van der Waals surface area contributed by atoms with Crippen LogP contribution in [0.15, 0.2) is 46.9 Å². The van der Waals surface area contributed by atoms with E-state index < -0.39 is 0 Å². The summed E-state index contributed by atoms with van der Waals surface area (Å²) < 4.78 is 7.03. The van der Waals surface area contributed by atoms with Crippen molar-refractivity contribution in [3.8, 4) is 5.75 Å². The van der Waals surface area contributed by atoms with E-state index in [0.29, 0.717) is 13.2 Å². The lowest BCUT2D eigenvalue weighted by molar-refractivity contribution is 0.301. The number of nitrogens with zero attached hydrogens (tertiary/aromatic N) is 1. The molecule has 2 aromatic rings. The number of hydrogen-bond acceptors (Lipinski definition) is 4. The van der Waals surface area contributed by atoms with Gasteiger partial charge in [-0.2, -0.15) is 0 Å². The molecule has 0 aliphatic carbocycles. The topological polar surface area (TPSA) is 36.5 Å². The molecule has 0 spiro atoms. The molecule has 0 saturated heterocycles. The zero-order valence-corrected chi connectivity index (χ0v) is 17.0. The van der Waals surface area contributed by atoms with E-state index >= 15 is 0 Å². The normalized spacial score (nSPS) is 11.1. The molecule has 0 amide bonds. The summed E-state index contributed by atoms with van der Waals surface area (Å²) in [6.45, 7) is 3.20. The first-order chi connectivity index (χ1) is 12.0. The van der Waals surface area contributed by atoms with Gasteiger partial charge in [-0.1, -0.05) is 39.7 Å². The average Bonchev–Trinajstić information content (AvgIpc) is 2.58. The SMILES string of the molecule is CN(C)CCCNNCc1cc(Br)ccc1OCc1ccc(Cl)cc1. The van der Waals surface area contributed by atoms with Gasteiger partial charge in [0, 0.05) is 28.1 Å². The Morgan fingerprint density at radius 1 is 1.08 bits per heavy atom. The third-order valence-electron chi connectivity index (χ3n) is 3.64. The molecule has 0 aliphatic rings. The fourth-order valence-corrected chi connectivity index (χ4v) is 2.83. The van der Waals surface area contributed by atoms with Crippen LogP contribution >= 0.6 is 27.5 Å². The van der Waals surface area contributed by atoms with Crippen LogP contribution in [0.5, 0.6) is 5.75 Å². The Bertz CT molecular complexity index is 650. The molecule has 0 aliphatic heterocycles. The lowest BCUT2D eigenvalue weighted by atomic mass is 10.2. The summed E-state index contributed by atoms with van der Waals surface area (Å²) in [7, 11) is 4.17. The predicted octanol–water partition coefficient (Wildman–Crippen LogP) is 4.23. The smallest absolute Gasteiger partial charge is 0.124 e. The summed E-state index contributed by atoms with van der Waals surface area (Å²) in [6.07, 6.45) is 1.10. The highest BCUT2D eigenvalue weighted by molar-refractivity contribution is 9.10. The Labute approximate surface area is 163 Å². The van der Waals surface area contributed by atoms with Gasteiger partial charge in [0.05, 0.1) is 0 Å². The molecule has 0 unspecified atom stereocenters. The van der Waals surface area contributed by atoms with E-state index in [9.17, 15) is 0 Å². The molecule has 2 aromatic carbocycles. The van der Waals surface area contributed by atoms with Gasteiger partial charge in [0.1, 0.15) is 12.4 Å². The molecule has 4 nitrogen and oxygen atoms in total. The second-order valence-corrected chi connectivity index (χ2v) is 7.46. The van der Waals surface area contributed by atoms with Crippen LogP contribution in [0.25, 0.3) is 0 Å². The number of halogens is 2. The van der Waals surface area contributed by atoms with Crippen molar-refractivity contribution >= 4 is 27.5 Å². The second-order valence-electron chi connectivity index (χ2n) is 6.10. The molecule has 0 saturated carbocycles. The quantitative estimate of drug-likeness (QED) is 0.440. The number of nitrogens with one attached hydrogen (secondary N) is 2. The molecule has 0 radical (unpaired) electrons. The molecule has 0 bridgehead atoms.